The number of carbonyl (C=O) groups excluding carboxylic acids is 1. The van der Waals surface area contributed by atoms with Gasteiger partial charge in [0.2, 0.25) is 0 Å². The van der Waals surface area contributed by atoms with Gasteiger partial charge in [-0.05, 0) is 30.2 Å². The fraction of sp³-hybridized carbons (Fsp3) is 0.750. The van der Waals surface area contributed by atoms with Gasteiger partial charge in [-0.15, -0.1) is 0 Å². The molecular formula is C20H28N4O2. The highest BCUT2D eigenvalue weighted by atomic mass is 16.5. The van der Waals surface area contributed by atoms with E-state index in [9.17, 15) is 10.1 Å². The predicted molar refractivity (Wildman–Crippen MR) is 95.9 cm³/mol. The molecule has 6 nitrogen and oxygen atoms in total. The first kappa shape index (κ1) is 17.7. The van der Waals surface area contributed by atoms with Crippen molar-refractivity contribution < 1.29 is 9.53 Å². The van der Waals surface area contributed by atoms with E-state index in [4.69, 9.17) is 10.5 Å². The molecule has 3 aliphatic rings. The Hall–Kier alpha value is -1.71. The molecule has 2 aliphatic carbocycles. The van der Waals surface area contributed by atoms with Crippen molar-refractivity contribution >= 4 is 5.78 Å². The standard InChI is InChI=1S/C20H28N4O2/c1-20(2)7-15(25)18-16(8-20)26-19(22)14(9-21)17(18)12-10-23-24(11-12)13-5-3-4-6-13/h10-11,13-14,16-19H,3-8,22H2,1-2H3/t14-,16-,17+,18+,19-/m0/s1. The quantitative estimate of drug-likeness (QED) is 0.879. The second-order valence-corrected chi connectivity index (χ2v) is 9.05. The molecule has 0 spiro atoms. The maximum absolute atomic E-state index is 13.0. The van der Waals surface area contributed by atoms with Crippen LogP contribution in [0.4, 0.5) is 0 Å². The lowest BCUT2D eigenvalue weighted by molar-refractivity contribution is -0.163. The molecule has 1 aromatic heterocycles. The molecule has 2 saturated carbocycles. The van der Waals surface area contributed by atoms with E-state index in [1.807, 2.05) is 17.1 Å². The van der Waals surface area contributed by atoms with Crippen LogP contribution in [0.1, 0.15) is 69.9 Å². The molecule has 0 bridgehead atoms. The number of carbonyl (C=O) groups is 1. The van der Waals surface area contributed by atoms with Crippen molar-refractivity contribution in [2.45, 2.75) is 76.7 Å². The normalized spacial score (nSPS) is 37.3. The van der Waals surface area contributed by atoms with Crippen LogP contribution in [0.25, 0.3) is 0 Å². The molecule has 0 unspecified atom stereocenters. The van der Waals surface area contributed by atoms with E-state index in [1.165, 1.54) is 12.8 Å². The smallest absolute Gasteiger partial charge is 0.139 e. The van der Waals surface area contributed by atoms with Crippen molar-refractivity contribution in [1.29, 1.82) is 5.26 Å². The second-order valence-electron chi connectivity index (χ2n) is 9.05. The molecule has 140 valence electrons. The molecule has 1 aromatic rings. The molecule has 1 aliphatic heterocycles. The molecule has 1 saturated heterocycles. The van der Waals surface area contributed by atoms with Crippen LogP contribution in [0.5, 0.6) is 0 Å². The minimum absolute atomic E-state index is 0.0873. The van der Waals surface area contributed by atoms with Crippen LogP contribution in [-0.2, 0) is 9.53 Å². The minimum Gasteiger partial charge on any atom is -0.358 e. The van der Waals surface area contributed by atoms with Crippen molar-refractivity contribution in [1.82, 2.24) is 9.78 Å². The van der Waals surface area contributed by atoms with Crippen molar-refractivity contribution in [3.63, 3.8) is 0 Å². The lowest BCUT2D eigenvalue weighted by atomic mass is 9.62. The molecule has 6 heteroatoms. The Bertz CT molecular complexity index is 728. The number of rotatable bonds is 2. The summed E-state index contributed by atoms with van der Waals surface area (Å²) in [6, 6.07) is 2.76. The predicted octanol–water partition coefficient (Wildman–Crippen LogP) is 2.91. The number of Topliss-reactive ketones (excluding diaryl/α,β-unsaturated/α-hetero) is 1. The lowest BCUT2D eigenvalue weighted by Crippen LogP contribution is -2.56. The Morgan fingerprint density at radius 2 is 2.08 bits per heavy atom. The number of ether oxygens (including phenoxy) is 1. The van der Waals surface area contributed by atoms with Crippen LogP contribution in [0.2, 0.25) is 0 Å². The minimum atomic E-state index is -0.664. The van der Waals surface area contributed by atoms with Gasteiger partial charge in [-0.3, -0.25) is 9.48 Å². The summed E-state index contributed by atoms with van der Waals surface area (Å²) in [6.45, 7) is 4.19. The number of fused-ring (bicyclic) bond motifs is 1. The van der Waals surface area contributed by atoms with Gasteiger partial charge in [0.15, 0.2) is 0 Å². The number of hydrogen-bond acceptors (Lipinski definition) is 5. The number of nitrogens with two attached hydrogens (primary N) is 1. The molecule has 2 heterocycles. The summed E-state index contributed by atoms with van der Waals surface area (Å²) in [5.41, 5.74) is 7.08. The molecule has 3 fully saturated rings. The number of nitrogens with zero attached hydrogens (tertiary/aromatic N) is 3. The van der Waals surface area contributed by atoms with E-state index >= 15 is 0 Å². The van der Waals surface area contributed by atoms with Gasteiger partial charge in [0.1, 0.15) is 12.0 Å². The highest BCUT2D eigenvalue weighted by molar-refractivity contribution is 5.84. The first-order chi connectivity index (χ1) is 12.4. The van der Waals surface area contributed by atoms with Gasteiger partial charge in [0.05, 0.1) is 36.2 Å². The Balaban J connectivity index is 1.69. The summed E-state index contributed by atoms with van der Waals surface area (Å²) in [7, 11) is 0. The van der Waals surface area contributed by atoms with Crippen molar-refractivity contribution in [2.24, 2.45) is 23.0 Å². The zero-order valence-electron chi connectivity index (χ0n) is 15.6. The van der Waals surface area contributed by atoms with Crippen molar-refractivity contribution in [3.05, 3.63) is 18.0 Å². The Kier molecular flexibility index (Phi) is 4.40. The van der Waals surface area contributed by atoms with Gasteiger partial charge >= 0.3 is 0 Å². The number of nitriles is 1. The highest BCUT2D eigenvalue weighted by Crippen LogP contribution is 2.49. The van der Waals surface area contributed by atoms with Crippen molar-refractivity contribution in [2.75, 3.05) is 0 Å². The highest BCUT2D eigenvalue weighted by Gasteiger charge is 2.53. The van der Waals surface area contributed by atoms with Gasteiger partial charge in [-0.1, -0.05) is 26.7 Å². The third-order valence-electron chi connectivity index (χ3n) is 6.49. The average molecular weight is 356 g/mol. The molecule has 2 N–H and O–H groups in total. The summed E-state index contributed by atoms with van der Waals surface area (Å²) in [5.74, 6) is -0.860. The zero-order chi connectivity index (χ0) is 18.5. The Morgan fingerprint density at radius 3 is 2.77 bits per heavy atom. The number of hydrogen-bond donors (Lipinski definition) is 1. The Morgan fingerprint density at radius 1 is 1.35 bits per heavy atom. The lowest BCUT2D eigenvalue weighted by Gasteiger charge is -2.48. The molecule has 4 rings (SSSR count). The largest absolute Gasteiger partial charge is 0.358 e. The topological polar surface area (TPSA) is 93.9 Å². The van der Waals surface area contributed by atoms with Crippen LogP contribution in [0.15, 0.2) is 12.4 Å². The van der Waals surface area contributed by atoms with Crippen LogP contribution in [0, 0.1) is 28.6 Å². The van der Waals surface area contributed by atoms with E-state index in [0.29, 0.717) is 12.5 Å². The van der Waals surface area contributed by atoms with Crippen LogP contribution in [0.3, 0.4) is 0 Å². The van der Waals surface area contributed by atoms with Gasteiger partial charge in [-0.2, -0.15) is 10.4 Å². The summed E-state index contributed by atoms with van der Waals surface area (Å²) < 4.78 is 8.00. The van der Waals surface area contributed by atoms with Crippen molar-refractivity contribution in [3.8, 4) is 6.07 Å². The fourth-order valence-corrected chi connectivity index (χ4v) is 5.28. The van der Waals surface area contributed by atoms with Gasteiger partial charge in [0.25, 0.3) is 0 Å². The monoisotopic (exact) mass is 356 g/mol. The summed E-state index contributed by atoms with van der Waals surface area (Å²) in [5, 5.41) is 14.3. The number of aromatic nitrogens is 2. The first-order valence-electron chi connectivity index (χ1n) is 9.77. The van der Waals surface area contributed by atoms with E-state index in [1.54, 1.807) is 0 Å². The van der Waals surface area contributed by atoms with E-state index in [0.717, 1.165) is 24.8 Å². The summed E-state index contributed by atoms with van der Waals surface area (Å²) >= 11 is 0. The maximum Gasteiger partial charge on any atom is 0.139 e. The summed E-state index contributed by atoms with van der Waals surface area (Å²) in [6.07, 6.45) is 9.10. The molecule has 5 atom stereocenters. The molecule has 0 radical (unpaired) electrons. The Labute approximate surface area is 154 Å². The van der Waals surface area contributed by atoms with E-state index in [2.05, 4.69) is 25.0 Å². The van der Waals surface area contributed by atoms with E-state index in [-0.39, 0.29) is 29.1 Å². The third-order valence-corrected chi connectivity index (χ3v) is 6.49. The first-order valence-corrected chi connectivity index (χ1v) is 9.77. The van der Waals surface area contributed by atoms with E-state index < -0.39 is 12.1 Å². The molecule has 0 amide bonds. The number of ketones is 1. The molecule has 26 heavy (non-hydrogen) atoms. The average Bonchev–Trinajstić information content (AvgIpc) is 3.23. The zero-order valence-corrected chi connectivity index (χ0v) is 15.6. The SMILES string of the molecule is CC1(C)CC(=O)[C@H]2[C@H](c3cnn(C4CCCC4)c3)[C@H](C#N)[C@@H](N)O[C@H]2C1. The maximum atomic E-state index is 13.0. The van der Waals surface area contributed by atoms with Crippen LogP contribution < -0.4 is 5.73 Å². The van der Waals surface area contributed by atoms with Crippen LogP contribution >= 0.6 is 0 Å². The third kappa shape index (κ3) is 2.97. The summed E-state index contributed by atoms with van der Waals surface area (Å²) in [4.78, 5) is 13.0. The van der Waals surface area contributed by atoms with Crippen LogP contribution in [-0.4, -0.2) is 27.9 Å². The molecular weight excluding hydrogens is 328 g/mol. The van der Waals surface area contributed by atoms with Gasteiger partial charge in [-0.25, -0.2) is 0 Å². The fourth-order valence-electron chi connectivity index (χ4n) is 5.28. The van der Waals surface area contributed by atoms with Gasteiger partial charge in [0, 0.05) is 18.5 Å². The van der Waals surface area contributed by atoms with Gasteiger partial charge < -0.3 is 10.5 Å². The second kappa shape index (κ2) is 6.47. The molecule has 0 aromatic carbocycles.